The molecule has 138 valence electrons. The minimum Gasteiger partial charge on any atom is -0.481 e. The number of nitrogens with two attached hydrogens (primary N) is 1. The lowest BCUT2D eigenvalue weighted by molar-refractivity contribution is -0.136. The first-order chi connectivity index (χ1) is 13.0. The number of carbonyl (C=O) groups excluding carboxylic acids is 1. The average molecular weight is 369 g/mol. The Balaban J connectivity index is 1.83. The Morgan fingerprint density at radius 1 is 1.19 bits per heavy atom. The smallest absolute Gasteiger partial charge is 0.343 e. The van der Waals surface area contributed by atoms with Gasteiger partial charge in [0.1, 0.15) is 13.4 Å². The van der Waals surface area contributed by atoms with Crippen LogP contribution in [0.15, 0.2) is 47.9 Å². The Morgan fingerprint density at radius 3 is 2.56 bits per heavy atom. The molecule has 0 saturated carbocycles. The molecule has 0 spiro atoms. The molecule has 0 aliphatic heterocycles. The summed E-state index contributed by atoms with van der Waals surface area (Å²) in [6, 6.07) is 9.29. The number of nitrogens with zero attached hydrogens (tertiary/aromatic N) is 4. The molecule has 0 radical (unpaired) electrons. The fraction of sp³-hybridized carbons (Fsp3) is 0.118. The minimum absolute atomic E-state index is 0.163. The van der Waals surface area contributed by atoms with Crippen molar-refractivity contribution in [3.05, 3.63) is 59.5 Å². The molecule has 3 N–H and O–H groups in total. The molecule has 0 aliphatic carbocycles. The number of carboxylic acid groups (broad SMARTS) is 1. The minimum atomic E-state index is -1.01. The van der Waals surface area contributed by atoms with Crippen molar-refractivity contribution in [1.82, 2.24) is 14.6 Å². The third-order valence-electron chi connectivity index (χ3n) is 3.61. The molecule has 2 heterocycles. The van der Waals surface area contributed by atoms with E-state index < -0.39 is 11.9 Å². The highest BCUT2D eigenvalue weighted by atomic mass is 16.6. The number of amidine groups is 1. The molecule has 2 aromatic heterocycles. The summed E-state index contributed by atoms with van der Waals surface area (Å²) in [4.78, 5) is 31.9. The zero-order valence-corrected chi connectivity index (χ0v) is 14.2. The van der Waals surface area contributed by atoms with Crippen LogP contribution in [0.3, 0.4) is 0 Å². The van der Waals surface area contributed by atoms with Crippen molar-refractivity contribution in [2.75, 3.05) is 7.11 Å². The van der Waals surface area contributed by atoms with Crippen LogP contribution in [-0.2, 0) is 16.1 Å². The number of pyridine rings is 1. The summed E-state index contributed by atoms with van der Waals surface area (Å²) in [5.41, 5.74) is 7.24. The molecule has 10 heteroatoms. The van der Waals surface area contributed by atoms with Crippen LogP contribution in [0.1, 0.15) is 21.6 Å². The van der Waals surface area contributed by atoms with Gasteiger partial charge in [0.2, 0.25) is 0 Å². The number of fused-ring (bicyclic) bond motifs is 1. The third kappa shape index (κ3) is 3.84. The summed E-state index contributed by atoms with van der Waals surface area (Å²) < 4.78 is 6.71. The number of aromatic nitrogens is 3. The fourth-order valence-electron chi connectivity index (χ4n) is 2.39. The second-order valence-electron chi connectivity index (χ2n) is 5.38. The van der Waals surface area contributed by atoms with Crippen molar-refractivity contribution in [1.29, 1.82) is 0 Å². The van der Waals surface area contributed by atoms with Crippen molar-refractivity contribution in [3.8, 4) is 5.75 Å². The van der Waals surface area contributed by atoms with Gasteiger partial charge >= 0.3 is 11.9 Å². The predicted octanol–water partition coefficient (Wildman–Crippen LogP) is 0.842. The number of hydrogen-bond acceptors (Lipinski definition) is 7. The second kappa shape index (κ2) is 7.52. The largest absolute Gasteiger partial charge is 0.481 e. The van der Waals surface area contributed by atoms with Crippen molar-refractivity contribution in [2.45, 2.75) is 6.42 Å². The van der Waals surface area contributed by atoms with E-state index in [1.165, 1.54) is 42.2 Å². The summed E-state index contributed by atoms with van der Waals surface area (Å²) in [6.45, 7) is 0. The number of aliphatic carboxylic acids is 1. The highest BCUT2D eigenvalue weighted by Gasteiger charge is 2.16. The first-order valence-corrected chi connectivity index (χ1v) is 7.72. The number of esters is 1. The molecular formula is C17H15N5O5. The van der Waals surface area contributed by atoms with E-state index in [0.29, 0.717) is 11.3 Å². The van der Waals surface area contributed by atoms with Crippen LogP contribution in [-0.4, -0.2) is 44.6 Å². The Kier molecular flexibility index (Phi) is 4.97. The van der Waals surface area contributed by atoms with E-state index in [2.05, 4.69) is 20.1 Å². The molecule has 1 aromatic carbocycles. The number of hydrogen-bond donors (Lipinski definition) is 2. The van der Waals surface area contributed by atoms with Crippen LogP contribution < -0.4 is 10.5 Å². The van der Waals surface area contributed by atoms with Gasteiger partial charge in [0.25, 0.3) is 0 Å². The maximum Gasteiger partial charge on any atom is 0.343 e. The highest BCUT2D eigenvalue weighted by molar-refractivity contribution is 5.98. The SMILES string of the molecule is CO/N=C(\N)c1ccc(C(=O)Oc2ccc(CC(=O)O)n3ncnc23)cc1. The Morgan fingerprint density at radius 2 is 1.89 bits per heavy atom. The van der Waals surface area contributed by atoms with E-state index in [1.807, 2.05) is 0 Å². The van der Waals surface area contributed by atoms with E-state index in [9.17, 15) is 9.59 Å². The topological polar surface area (TPSA) is 141 Å². The van der Waals surface area contributed by atoms with Crippen LogP contribution in [0.4, 0.5) is 0 Å². The van der Waals surface area contributed by atoms with Gasteiger partial charge in [-0.05, 0) is 24.3 Å². The van der Waals surface area contributed by atoms with Crippen molar-refractivity contribution >= 4 is 23.4 Å². The number of carbonyl (C=O) groups is 2. The standard InChI is InChI=1S/C17H15N5O5/c1-26-21-15(18)10-2-4-11(5-3-10)17(25)27-13-7-6-12(8-14(23)24)22-16(13)19-9-20-22/h2-7,9H,8H2,1H3,(H2,18,21)(H,23,24). The van der Waals surface area contributed by atoms with Crippen LogP contribution in [0, 0.1) is 0 Å². The summed E-state index contributed by atoms with van der Waals surface area (Å²) in [7, 11) is 1.38. The van der Waals surface area contributed by atoms with E-state index in [4.69, 9.17) is 15.6 Å². The highest BCUT2D eigenvalue weighted by Crippen LogP contribution is 2.21. The zero-order chi connectivity index (χ0) is 19.4. The van der Waals surface area contributed by atoms with Gasteiger partial charge in [-0.3, -0.25) is 4.79 Å². The van der Waals surface area contributed by atoms with E-state index in [0.717, 1.165) is 0 Å². The predicted molar refractivity (Wildman–Crippen MR) is 93.5 cm³/mol. The van der Waals surface area contributed by atoms with Crippen molar-refractivity contribution in [2.24, 2.45) is 10.9 Å². The Labute approximate surface area is 152 Å². The van der Waals surface area contributed by atoms with Gasteiger partial charge in [0, 0.05) is 5.56 Å². The molecule has 0 bridgehead atoms. The molecule has 0 unspecified atom stereocenters. The Bertz CT molecular complexity index is 1030. The summed E-state index contributed by atoms with van der Waals surface area (Å²) in [6.07, 6.45) is 1.02. The van der Waals surface area contributed by atoms with Crippen LogP contribution in [0.5, 0.6) is 5.75 Å². The molecule has 3 aromatic rings. The van der Waals surface area contributed by atoms with Crippen molar-refractivity contribution in [3.63, 3.8) is 0 Å². The van der Waals surface area contributed by atoms with Gasteiger partial charge < -0.3 is 20.4 Å². The number of rotatable bonds is 6. The van der Waals surface area contributed by atoms with Crippen LogP contribution in [0.2, 0.25) is 0 Å². The van der Waals surface area contributed by atoms with Gasteiger partial charge in [-0.1, -0.05) is 17.3 Å². The van der Waals surface area contributed by atoms with Crippen molar-refractivity contribution < 1.29 is 24.3 Å². The number of carboxylic acids is 1. The van der Waals surface area contributed by atoms with Crippen LogP contribution >= 0.6 is 0 Å². The van der Waals surface area contributed by atoms with Gasteiger partial charge in [0.05, 0.1) is 17.7 Å². The molecule has 27 heavy (non-hydrogen) atoms. The summed E-state index contributed by atoms with van der Waals surface area (Å²) in [5, 5.41) is 16.5. The monoisotopic (exact) mass is 369 g/mol. The molecule has 0 amide bonds. The summed E-state index contributed by atoms with van der Waals surface area (Å²) in [5.74, 6) is -1.28. The first kappa shape index (κ1) is 17.9. The van der Waals surface area contributed by atoms with Crippen LogP contribution in [0.25, 0.3) is 5.65 Å². The fourth-order valence-corrected chi connectivity index (χ4v) is 2.39. The molecule has 0 aliphatic rings. The lowest BCUT2D eigenvalue weighted by Gasteiger charge is -2.08. The number of ether oxygens (including phenoxy) is 1. The number of oxime groups is 1. The molecular weight excluding hydrogens is 354 g/mol. The molecule has 10 nitrogen and oxygen atoms in total. The summed E-state index contributed by atoms with van der Waals surface area (Å²) >= 11 is 0. The first-order valence-electron chi connectivity index (χ1n) is 7.72. The van der Waals surface area contributed by atoms with E-state index in [1.54, 1.807) is 12.1 Å². The molecule has 0 saturated heterocycles. The van der Waals surface area contributed by atoms with Gasteiger partial charge in [0.15, 0.2) is 17.2 Å². The normalized spacial score (nSPS) is 11.4. The zero-order valence-electron chi connectivity index (χ0n) is 14.2. The van der Waals surface area contributed by atoms with E-state index >= 15 is 0 Å². The average Bonchev–Trinajstić information content (AvgIpc) is 3.14. The lowest BCUT2D eigenvalue weighted by Crippen LogP contribution is -2.15. The molecule has 0 fully saturated rings. The van der Waals surface area contributed by atoms with Gasteiger partial charge in [-0.2, -0.15) is 5.10 Å². The lowest BCUT2D eigenvalue weighted by atomic mass is 10.1. The van der Waals surface area contributed by atoms with Gasteiger partial charge in [-0.15, -0.1) is 0 Å². The van der Waals surface area contributed by atoms with Gasteiger partial charge in [-0.25, -0.2) is 14.3 Å². The number of benzene rings is 1. The quantitative estimate of drug-likeness (QED) is 0.282. The third-order valence-corrected chi connectivity index (χ3v) is 3.61. The van der Waals surface area contributed by atoms with E-state index in [-0.39, 0.29) is 29.2 Å². The Hall–Kier alpha value is -3.95. The maximum atomic E-state index is 12.4. The molecule has 3 rings (SSSR count). The maximum absolute atomic E-state index is 12.4. The second-order valence-corrected chi connectivity index (χ2v) is 5.38. The molecule has 0 atom stereocenters.